The van der Waals surface area contributed by atoms with Crippen molar-refractivity contribution in [1.82, 2.24) is 24.4 Å². The number of nitrogens with zero attached hydrogens (tertiary/aromatic N) is 5. The molecular formula is C26H22F2N6OS. The molecule has 1 amide bonds. The number of amides is 1. The number of hydrogen-bond acceptors (Lipinski definition) is 6. The van der Waals surface area contributed by atoms with E-state index in [0.717, 1.165) is 17.8 Å². The summed E-state index contributed by atoms with van der Waals surface area (Å²) in [5, 5.41) is 1.34. The topological polar surface area (TPSA) is 89.9 Å². The third-order valence-corrected chi connectivity index (χ3v) is 7.90. The van der Waals surface area contributed by atoms with Crippen LogP contribution in [0.4, 0.5) is 14.6 Å². The molecule has 1 unspecified atom stereocenters. The van der Waals surface area contributed by atoms with Crippen LogP contribution in [0, 0.1) is 23.5 Å². The van der Waals surface area contributed by atoms with Crippen LogP contribution >= 0.6 is 11.3 Å². The number of hydrogen-bond donors (Lipinski definition) is 1. The van der Waals surface area contributed by atoms with Crippen molar-refractivity contribution in [3.05, 3.63) is 58.0 Å². The van der Waals surface area contributed by atoms with Crippen LogP contribution in [0.25, 0.3) is 21.3 Å². The highest BCUT2D eigenvalue weighted by Gasteiger charge is 2.32. The highest BCUT2D eigenvalue weighted by molar-refractivity contribution is 7.18. The van der Waals surface area contributed by atoms with E-state index in [1.807, 2.05) is 11.5 Å². The van der Waals surface area contributed by atoms with Gasteiger partial charge in [0.15, 0.2) is 5.82 Å². The van der Waals surface area contributed by atoms with Crippen LogP contribution in [0.2, 0.25) is 0 Å². The summed E-state index contributed by atoms with van der Waals surface area (Å²) >= 11 is 1.33. The zero-order chi connectivity index (χ0) is 25.3. The molecule has 3 aromatic heterocycles. The number of rotatable bonds is 2. The number of nitrogen functional groups attached to an aromatic ring is 1. The zero-order valence-electron chi connectivity index (χ0n) is 19.7. The lowest BCUT2D eigenvalue weighted by Crippen LogP contribution is -2.45. The Bertz CT molecular complexity index is 1670. The number of carbonyl (C=O) groups is 1. The number of benzene rings is 1. The Morgan fingerprint density at radius 1 is 1.25 bits per heavy atom. The molecule has 36 heavy (non-hydrogen) atoms. The molecule has 0 bridgehead atoms. The maximum atomic E-state index is 15.4. The van der Waals surface area contributed by atoms with Crippen LogP contribution in [-0.2, 0) is 17.9 Å². The van der Waals surface area contributed by atoms with Gasteiger partial charge in [-0.05, 0) is 32.8 Å². The van der Waals surface area contributed by atoms with E-state index in [9.17, 15) is 9.18 Å². The molecule has 1 aromatic carbocycles. The molecule has 4 heterocycles. The number of nitrogens with two attached hydrogens (primary N) is 1. The summed E-state index contributed by atoms with van der Waals surface area (Å²) in [6.07, 6.45) is 3.41. The quantitative estimate of drug-likeness (QED) is 0.321. The minimum absolute atomic E-state index is 0.128. The van der Waals surface area contributed by atoms with Gasteiger partial charge < -0.3 is 15.2 Å². The molecule has 1 atom stereocenters. The van der Waals surface area contributed by atoms with Crippen molar-refractivity contribution in [2.24, 2.45) is 0 Å². The minimum atomic E-state index is -0.769. The van der Waals surface area contributed by atoms with Crippen molar-refractivity contribution in [2.75, 3.05) is 5.73 Å². The predicted octanol–water partition coefficient (Wildman–Crippen LogP) is 4.49. The Morgan fingerprint density at radius 2 is 2.00 bits per heavy atom. The van der Waals surface area contributed by atoms with E-state index in [4.69, 9.17) is 5.73 Å². The molecule has 2 N–H and O–H groups in total. The fraction of sp³-hybridized carbons (Fsp3) is 0.308. The number of halogens is 2. The summed E-state index contributed by atoms with van der Waals surface area (Å²) < 4.78 is 32.8. The molecular weight excluding hydrogens is 482 g/mol. The van der Waals surface area contributed by atoms with Crippen LogP contribution in [0.3, 0.4) is 0 Å². The zero-order valence-corrected chi connectivity index (χ0v) is 20.5. The molecule has 1 saturated carbocycles. The Labute approximate surface area is 209 Å². The fourth-order valence-corrected chi connectivity index (χ4v) is 5.85. The predicted molar refractivity (Wildman–Crippen MR) is 134 cm³/mol. The van der Waals surface area contributed by atoms with Crippen LogP contribution in [0.15, 0.2) is 24.5 Å². The van der Waals surface area contributed by atoms with Crippen LogP contribution in [-0.4, -0.2) is 36.4 Å². The highest BCUT2D eigenvalue weighted by atomic mass is 32.1. The first-order valence-corrected chi connectivity index (χ1v) is 12.4. The molecule has 7 nitrogen and oxygen atoms in total. The fourth-order valence-electron chi connectivity index (χ4n) is 4.69. The highest BCUT2D eigenvalue weighted by Crippen LogP contribution is 2.44. The van der Waals surface area contributed by atoms with Crippen molar-refractivity contribution in [1.29, 1.82) is 0 Å². The molecule has 6 rings (SSSR count). The average Bonchev–Trinajstić information content (AvgIpc) is 3.53. The normalized spacial score (nSPS) is 17.2. The van der Waals surface area contributed by atoms with Gasteiger partial charge in [0.1, 0.15) is 29.1 Å². The summed E-state index contributed by atoms with van der Waals surface area (Å²) in [4.78, 5) is 27.4. The molecule has 1 aliphatic heterocycles. The number of anilines is 1. The van der Waals surface area contributed by atoms with Crippen LogP contribution in [0.1, 0.15) is 54.4 Å². The van der Waals surface area contributed by atoms with Crippen molar-refractivity contribution in [3.8, 4) is 11.8 Å². The first kappa shape index (κ1) is 22.6. The molecule has 1 fully saturated rings. The molecule has 0 spiro atoms. The Hall–Kier alpha value is -3.84. The van der Waals surface area contributed by atoms with E-state index >= 15 is 4.39 Å². The van der Waals surface area contributed by atoms with Crippen LogP contribution < -0.4 is 5.73 Å². The van der Waals surface area contributed by atoms with Gasteiger partial charge in [-0.25, -0.2) is 23.7 Å². The smallest absolute Gasteiger partial charge is 0.249 e. The lowest BCUT2D eigenvalue weighted by Gasteiger charge is -2.35. The minimum Gasteiger partial charge on any atom is -0.383 e. The van der Waals surface area contributed by atoms with Gasteiger partial charge in [-0.1, -0.05) is 18.4 Å². The van der Waals surface area contributed by atoms with Gasteiger partial charge in [-0.3, -0.25) is 4.79 Å². The molecule has 182 valence electrons. The van der Waals surface area contributed by atoms with E-state index < -0.39 is 11.6 Å². The first-order chi connectivity index (χ1) is 17.2. The number of carbonyl (C=O) groups excluding carboxylic acids is 1. The third-order valence-electron chi connectivity index (χ3n) is 6.73. The maximum Gasteiger partial charge on any atom is 0.249 e. The van der Waals surface area contributed by atoms with E-state index in [2.05, 4.69) is 33.4 Å². The van der Waals surface area contributed by atoms with Crippen molar-refractivity contribution in [3.63, 3.8) is 0 Å². The summed E-state index contributed by atoms with van der Waals surface area (Å²) in [5.41, 5.74) is 8.12. The SMILES string of the molecule is C=C(C)C(=O)N1Cc2c(C#Cc3c(F)cc4sc(C5CC5)nc4c3F)c3c(N)ncnc3n2CC1C. The second-order valence-corrected chi connectivity index (χ2v) is 10.5. The molecule has 1 aliphatic carbocycles. The molecule has 4 aromatic rings. The Morgan fingerprint density at radius 3 is 2.72 bits per heavy atom. The van der Waals surface area contributed by atoms with Gasteiger partial charge in [0.25, 0.3) is 0 Å². The summed E-state index contributed by atoms with van der Waals surface area (Å²) in [7, 11) is 0. The largest absolute Gasteiger partial charge is 0.383 e. The van der Waals surface area contributed by atoms with Gasteiger partial charge in [0.05, 0.1) is 38.5 Å². The second kappa shape index (κ2) is 8.10. The second-order valence-electron chi connectivity index (χ2n) is 9.42. The molecule has 0 saturated heterocycles. The molecule has 2 aliphatic rings. The lowest BCUT2D eigenvalue weighted by atomic mass is 10.1. The summed E-state index contributed by atoms with van der Waals surface area (Å²) in [6.45, 7) is 8.07. The van der Waals surface area contributed by atoms with E-state index in [0.29, 0.717) is 45.0 Å². The van der Waals surface area contributed by atoms with Gasteiger partial charge >= 0.3 is 0 Å². The first-order valence-electron chi connectivity index (χ1n) is 11.6. The molecule has 10 heteroatoms. The number of thiazole rings is 1. The summed E-state index contributed by atoms with van der Waals surface area (Å²) in [5.74, 6) is 4.51. The van der Waals surface area contributed by atoms with E-state index in [1.165, 1.54) is 23.7 Å². The van der Waals surface area contributed by atoms with Crippen LogP contribution in [0.5, 0.6) is 0 Å². The lowest BCUT2D eigenvalue weighted by molar-refractivity contribution is -0.130. The van der Waals surface area contributed by atoms with Crippen molar-refractivity contribution < 1.29 is 13.6 Å². The molecule has 0 radical (unpaired) electrons. The van der Waals surface area contributed by atoms with Gasteiger partial charge in [-0.15, -0.1) is 11.3 Å². The monoisotopic (exact) mass is 504 g/mol. The van der Waals surface area contributed by atoms with E-state index in [1.54, 1.807) is 11.8 Å². The Balaban J connectivity index is 1.52. The van der Waals surface area contributed by atoms with Gasteiger partial charge in [0.2, 0.25) is 5.91 Å². The van der Waals surface area contributed by atoms with Gasteiger partial charge in [-0.2, -0.15) is 0 Å². The third kappa shape index (κ3) is 3.45. The van der Waals surface area contributed by atoms with Crippen molar-refractivity contribution >= 4 is 44.3 Å². The van der Waals surface area contributed by atoms with E-state index in [-0.39, 0.29) is 35.4 Å². The number of fused-ring (bicyclic) bond motifs is 4. The standard InChI is InChI=1S/C26H22F2N6OS/c1-12(2)26(35)33-10-18-16(20-23(29)30-11-31-24(20)34(18)9-13(33)3)7-6-15-17(27)8-19-22(21(15)28)32-25(36-19)14-4-5-14/h8,11,13-14H,1,4-5,9-10H2,2-3H3,(H2,29,30,31). The number of aromatic nitrogens is 4. The average molecular weight is 505 g/mol. The maximum absolute atomic E-state index is 15.4. The van der Waals surface area contributed by atoms with Gasteiger partial charge in [0, 0.05) is 24.1 Å². The Kier molecular flexibility index (Phi) is 5.09. The van der Waals surface area contributed by atoms with Crippen molar-refractivity contribution in [2.45, 2.75) is 51.7 Å². The summed E-state index contributed by atoms with van der Waals surface area (Å²) in [6, 6.07) is 1.17.